The van der Waals surface area contributed by atoms with E-state index in [1.54, 1.807) is 55.6 Å². The van der Waals surface area contributed by atoms with Gasteiger partial charge in [0.15, 0.2) is 12.1 Å². The monoisotopic (exact) mass is 321 g/mol. The second-order valence-electron chi connectivity index (χ2n) is 5.32. The molecule has 0 radical (unpaired) electrons. The summed E-state index contributed by atoms with van der Waals surface area (Å²) < 4.78 is 6.67. The summed E-state index contributed by atoms with van der Waals surface area (Å²) in [6.45, 7) is -0.0516. The van der Waals surface area contributed by atoms with Crippen molar-refractivity contribution in [2.45, 2.75) is 0 Å². The van der Waals surface area contributed by atoms with Gasteiger partial charge < -0.3 is 9.30 Å². The zero-order chi connectivity index (χ0) is 17.1. The molecule has 0 saturated heterocycles. The number of ether oxygens (including phenoxy) is 1. The molecule has 5 heteroatoms. The van der Waals surface area contributed by atoms with Gasteiger partial charge in [-0.3, -0.25) is 14.4 Å². The van der Waals surface area contributed by atoms with Gasteiger partial charge in [0.1, 0.15) is 12.4 Å². The second-order valence-corrected chi connectivity index (χ2v) is 5.32. The maximum absolute atomic E-state index is 12.6. The molecule has 0 aliphatic heterocycles. The Labute approximate surface area is 138 Å². The summed E-state index contributed by atoms with van der Waals surface area (Å²) in [5.41, 5.74) is 0.856. The Morgan fingerprint density at radius 2 is 1.88 bits per heavy atom. The molecule has 0 N–H and O–H groups in total. The standard InChI is InChI=1S/C19H15NO4/c1-20-17-12-15(24-10-9-21)8-7-14(17)11-16(19(20)23)18(22)13-5-3-2-4-6-13/h2-9,11-12H,10H2,1H3. The Balaban J connectivity index is 2.12. The van der Waals surface area contributed by atoms with Crippen molar-refractivity contribution < 1.29 is 14.3 Å². The van der Waals surface area contributed by atoms with E-state index < -0.39 is 0 Å². The van der Waals surface area contributed by atoms with Crippen LogP contribution in [-0.2, 0) is 11.8 Å². The Hall–Kier alpha value is -3.21. The van der Waals surface area contributed by atoms with Gasteiger partial charge in [0.05, 0.1) is 11.1 Å². The normalized spacial score (nSPS) is 10.5. The summed E-state index contributed by atoms with van der Waals surface area (Å²) in [4.78, 5) is 35.6. The first-order chi connectivity index (χ1) is 11.6. The number of aromatic nitrogens is 1. The van der Waals surface area contributed by atoms with Gasteiger partial charge >= 0.3 is 0 Å². The number of benzene rings is 2. The third-order valence-electron chi connectivity index (χ3n) is 3.80. The molecule has 24 heavy (non-hydrogen) atoms. The van der Waals surface area contributed by atoms with E-state index in [-0.39, 0.29) is 23.5 Å². The summed E-state index contributed by atoms with van der Waals surface area (Å²) in [6.07, 6.45) is 0.658. The van der Waals surface area contributed by atoms with Crippen molar-refractivity contribution in [1.29, 1.82) is 0 Å². The molecule has 3 rings (SSSR count). The average Bonchev–Trinajstić information content (AvgIpc) is 2.63. The minimum absolute atomic E-state index is 0.0516. The van der Waals surface area contributed by atoms with Gasteiger partial charge in [0.2, 0.25) is 0 Å². The van der Waals surface area contributed by atoms with Crippen LogP contribution in [0.15, 0.2) is 59.4 Å². The molecule has 0 aliphatic rings. The van der Waals surface area contributed by atoms with E-state index in [1.165, 1.54) is 4.57 Å². The summed E-state index contributed by atoms with van der Waals surface area (Å²) in [7, 11) is 1.61. The van der Waals surface area contributed by atoms with Crippen LogP contribution in [0.5, 0.6) is 5.75 Å². The molecule has 0 spiro atoms. The fourth-order valence-corrected chi connectivity index (χ4v) is 2.57. The van der Waals surface area contributed by atoms with Crippen molar-refractivity contribution in [2.24, 2.45) is 7.05 Å². The molecule has 120 valence electrons. The lowest BCUT2D eigenvalue weighted by Crippen LogP contribution is -2.25. The molecule has 2 aromatic carbocycles. The van der Waals surface area contributed by atoms with Crippen molar-refractivity contribution in [3.63, 3.8) is 0 Å². The second kappa shape index (κ2) is 6.50. The molecule has 0 bridgehead atoms. The molecule has 1 heterocycles. The van der Waals surface area contributed by atoms with Gasteiger partial charge in [-0.15, -0.1) is 0 Å². The molecule has 0 atom stereocenters. The Kier molecular flexibility index (Phi) is 4.24. The first-order valence-corrected chi connectivity index (χ1v) is 7.42. The van der Waals surface area contributed by atoms with Crippen molar-refractivity contribution in [1.82, 2.24) is 4.57 Å². The first kappa shape index (κ1) is 15.7. The van der Waals surface area contributed by atoms with Gasteiger partial charge in [-0.1, -0.05) is 30.3 Å². The number of rotatable bonds is 5. The molecule has 0 saturated carbocycles. The van der Waals surface area contributed by atoms with Crippen LogP contribution < -0.4 is 10.3 Å². The highest BCUT2D eigenvalue weighted by atomic mass is 16.5. The van der Waals surface area contributed by atoms with Crippen molar-refractivity contribution in [2.75, 3.05) is 6.61 Å². The molecule has 0 amide bonds. The SMILES string of the molecule is Cn1c(=O)c(C(=O)c2ccccc2)cc2ccc(OCC=O)cc21. The van der Waals surface area contributed by atoms with Crippen LogP contribution >= 0.6 is 0 Å². The summed E-state index contributed by atoms with van der Waals surface area (Å²) in [5.74, 6) is 0.186. The molecule has 1 aromatic heterocycles. The predicted molar refractivity (Wildman–Crippen MR) is 90.6 cm³/mol. The quantitative estimate of drug-likeness (QED) is 0.534. The number of carbonyl (C=O) groups excluding carboxylic acids is 2. The molecule has 0 aliphatic carbocycles. The fraction of sp³-hybridized carbons (Fsp3) is 0.105. The van der Waals surface area contributed by atoms with Gasteiger partial charge in [0.25, 0.3) is 5.56 Å². The summed E-state index contributed by atoms with van der Waals surface area (Å²) >= 11 is 0. The zero-order valence-corrected chi connectivity index (χ0v) is 13.1. The zero-order valence-electron chi connectivity index (χ0n) is 13.1. The highest BCUT2D eigenvalue weighted by Crippen LogP contribution is 2.21. The highest BCUT2D eigenvalue weighted by Gasteiger charge is 2.16. The highest BCUT2D eigenvalue weighted by molar-refractivity contribution is 6.10. The number of hydrogen-bond donors (Lipinski definition) is 0. The maximum atomic E-state index is 12.6. The molecular formula is C19H15NO4. The number of hydrogen-bond acceptors (Lipinski definition) is 4. The van der Waals surface area contributed by atoms with Crippen LogP contribution in [0.3, 0.4) is 0 Å². The largest absolute Gasteiger partial charge is 0.486 e. The van der Waals surface area contributed by atoms with Crippen LogP contribution in [0.25, 0.3) is 10.9 Å². The molecule has 3 aromatic rings. The molecule has 5 nitrogen and oxygen atoms in total. The lowest BCUT2D eigenvalue weighted by Gasteiger charge is -2.10. The smallest absolute Gasteiger partial charge is 0.262 e. The van der Waals surface area contributed by atoms with Gasteiger partial charge in [-0.2, -0.15) is 0 Å². The predicted octanol–water partition coefficient (Wildman–Crippen LogP) is 2.35. The number of ketones is 1. The lowest BCUT2D eigenvalue weighted by molar-refractivity contribution is -0.109. The number of nitrogens with zero attached hydrogens (tertiary/aromatic N) is 1. The minimum atomic E-state index is -0.371. The van der Waals surface area contributed by atoms with E-state index in [0.717, 1.165) is 5.39 Å². The Morgan fingerprint density at radius 3 is 2.58 bits per heavy atom. The van der Waals surface area contributed by atoms with Crippen molar-refractivity contribution >= 4 is 23.0 Å². The number of aryl methyl sites for hydroxylation is 1. The average molecular weight is 321 g/mol. The number of aldehydes is 1. The maximum Gasteiger partial charge on any atom is 0.262 e. The van der Waals surface area contributed by atoms with E-state index in [4.69, 9.17) is 4.74 Å². The Bertz CT molecular complexity index is 974. The minimum Gasteiger partial charge on any atom is -0.486 e. The number of carbonyl (C=O) groups is 2. The summed E-state index contributed by atoms with van der Waals surface area (Å²) in [6, 6.07) is 15.4. The molecule has 0 unspecified atom stereocenters. The van der Waals surface area contributed by atoms with E-state index in [0.29, 0.717) is 23.1 Å². The summed E-state index contributed by atoms with van der Waals surface area (Å²) in [5, 5.41) is 0.745. The van der Waals surface area contributed by atoms with Crippen LogP contribution in [0.2, 0.25) is 0 Å². The van der Waals surface area contributed by atoms with E-state index in [9.17, 15) is 14.4 Å². The topological polar surface area (TPSA) is 65.4 Å². The van der Waals surface area contributed by atoms with E-state index in [2.05, 4.69) is 0 Å². The van der Waals surface area contributed by atoms with Crippen LogP contribution in [0.4, 0.5) is 0 Å². The number of fused-ring (bicyclic) bond motifs is 1. The third-order valence-corrected chi connectivity index (χ3v) is 3.80. The van der Waals surface area contributed by atoms with Crippen molar-refractivity contribution in [3.05, 3.63) is 76.1 Å². The van der Waals surface area contributed by atoms with Crippen LogP contribution in [0, 0.1) is 0 Å². The lowest BCUT2D eigenvalue weighted by atomic mass is 10.0. The van der Waals surface area contributed by atoms with Crippen LogP contribution in [-0.4, -0.2) is 23.2 Å². The van der Waals surface area contributed by atoms with Gasteiger partial charge in [-0.25, -0.2) is 0 Å². The molecular weight excluding hydrogens is 306 g/mol. The van der Waals surface area contributed by atoms with E-state index in [1.807, 2.05) is 6.07 Å². The van der Waals surface area contributed by atoms with Gasteiger partial charge in [0, 0.05) is 18.7 Å². The fourth-order valence-electron chi connectivity index (χ4n) is 2.57. The van der Waals surface area contributed by atoms with Crippen LogP contribution in [0.1, 0.15) is 15.9 Å². The first-order valence-electron chi connectivity index (χ1n) is 7.42. The molecule has 0 fully saturated rings. The van der Waals surface area contributed by atoms with Crippen molar-refractivity contribution in [3.8, 4) is 5.75 Å². The third kappa shape index (κ3) is 2.84. The van der Waals surface area contributed by atoms with E-state index >= 15 is 0 Å². The van der Waals surface area contributed by atoms with Gasteiger partial charge in [-0.05, 0) is 23.6 Å². The Morgan fingerprint density at radius 1 is 1.12 bits per heavy atom. The number of pyridine rings is 1.